The zero-order valence-corrected chi connectivity index (χ0v) is 7.64. The number of rotatable bonds is 2. The van der Waals surface area contributed by atoms with Crippen LogP contribution in [0.2, 0.25) is 0 Å². The zero-order chi connectivity index (χ0) is 10.1. The molecule has 0 amide bonds. The smallest absolute Gasteiger partial charge is 0.202 e. The van der Waals surface area contributed by atoms with Gasteiger partial charge in [-0.05, 0) is 11.8 Å². The van der Waals surface area contributed by atoms with Crippen LogP contribution in [-0.4, -0.2) is 24.8 Å². The molecule has 0 bridgehead atoms. The summed E-state index contributed by atoms with van der Waals surface area (Å²) in [5, 5.41) is 0. The predicted molar refractivity (Wildman–Crippen MR) is 47.7 cm³/mol. The molecule has 0 heterocycles. The first kappa shape index (κ1) is 11.4. The first-order valence-electron chi connectivity index (χ1n) is 3.69. The van der Waals surface area contributed by atoms with E-state index in [4.69, 9.17) is 4.74 Å². The lowest BCUT2D eigenvalue weighted by molar-refractivity contribution is -0.112. The number of carbonyl (C=O) groups is 2. The third kappa shape index (κ3) is 10.4. The lowest BCUT2D eigenvalue weighted by Gasteiger charge is -1.88. The van der Waals surface area contributed by atoms with E-state index >= 15 is 0 Å². The van der Waals surface area contributed by atoms with Gasteiger partial charge in [0.1, 0.15) is 13.2 Å². The van der Waals surface area contributed by atoms with Crippen molar-refractivity contribution in [1.82, 2.24) is 0 Å². The second-order valence-corrected chi connectivity index (χ2v) is 2.21. The van der Waals surface area contributed by atoms with Gasteiger partial charge in [0.2, 0.25) is 11.6 Å². The van der Waals surface area contributed by atoms with Gasteiger partial charge in [0, 0.05) is 13.8 Å². The molecule has 3 nitrogen and oxygen atoms in total. The molecule has 0 aliphatic carbocycles. The van der Waals surface area contributed by atoms with E-state index in [0.717, 1.165) is 0 Å². The molecule has 13 heavy (non-hydrogen) atoms. The van der Waals surface area contributed by atoms with Crippen molar-refractivity contribution in [3.63, 3.8) is 0 Å². The van der Waals surface area contributed by atoms with Gasteiger partial charge in [0.05, 0.1) is 0 Å². The average molecular weight is 178 g/mol. The van der Waals surface area contributed by atoms with Crippen molar-refractivity contribution in [2.75, 3.05) is 13.2 Å². The van der Waals surface area contributed by atoms with Crippen LogP contribution in [0.5, 0.6) is 0 Å². The van der Waals surface area contributed by atoms with Crippen LogP contribution in [0.25, 0.3) is 0 Å². The van der Waals surface area contributed by atoms with Crippen molar-refractivity contribution in [2.24, 2.45) is 0 Å². The van der Waals surface area contributed by atoms with Gasteiger partial charge in [-0.3, -0.25) is 9.59 Å². The Labute approximate surface area is 77.5 Å². The molecule has 0 spiro atoms. The highest BCUT2D eigenvalue weighted by atomic mass is 16.5. The molecule has 0 fully saturated rings. The Kier molecular flexibility index (Phi) is 6.23. The molecule has 0 aliphatic rings. The summed E-state index contributed by atoms with van der Waals surface area (Å²) in [6, 6.07) is 0. The minimum atomic E-state index is -0.196. The summed E-state index contributed by atoms with van der Waals surface area (Å²) >= 11 is 0. The van der Waals surface area contributed by atoms with Crippen LogP contribution < -0.4 is 0 Å². The zero-order valence-electron chi connectivity index (χ0n) is 7.64. The normalized spacial score (nSPS) is 7.54. The summed E-state index contributed by atoms with van der Waals surface area (Å²) in [5.74, 6) is 9.24. The van der Waals surface area contributed by atoms with Crippen LogP contribution in [0.4, 0.5) is 0 Å². The predicted octanol–water partition coefficient (Wildman–Crippen LogP) is 0.188. The quantitative estimate of drug-likeness (QED) is 0.344. The number of carbonyl (C=O) groups excluding carboxylic acids is 2. The van der Waals surface area contributed by atoms with E-state index < -0.39 is 0 Å². The topological polar surface area (TPSA) is 43.4 Å². The Bertz CT molecular complexity index is 275. The van der Waals surface area contributed by atoms with Gasteiger partial charge < -0.3 is 4.74 Å². The number of hydrogen-bond donors (Lipinski definition) is 0. The third-order valence-electron chi connectivity index (χ3n) is 0.877. The maximum Gasteiger partial charge on any atom is 0.202 e. The molecule has 0 atom stereocenters. The van der Waals surface area contributed by atoms with E-state index in [0.29, 0.717) is 0 Å². The van der Waals surface area contributed by atoms with Crippen LogP contribution in [0.1, 0.15) is 13.8 Å². The number of hydrogen-bond acceptors (Lipinski definition) is 3. The van der Waals surface area contributed by atoms with Crippen molar-refractivity contribution < 1.29 is 14.3 Å². The molecule has 0 saturated heterocycles. The summed E-state index contributed by atoms with van der Waals surface area (Å²) in [7, 11) is 0. The Hall–Kier alpha value is -1.58. The Morgan fingerprint density at radius 1 is 1.00 bits per heavy atom. The number of ether oxygens (including phenoxy) is 1. The first-order valence-corrected chi connectivity index (χ1v) is 3.69. The van der Waals surface area contributed by atoms with Gasteiger partial charge in [-0.25, -0.2) is 0 Å². The van der Waals surface area contributed by atoms with Crippen molar-refractivity contribution in [2.45, 2.75) is 13.8 Å². The SMILES string of the molecule is CC(=O)C#CCOCC#CC(C)=O. The minimum Gasteiger partial charge on any atom is -0.356 e. The molecule has 0 aromatic carbocycles. The van der Waals surface area contributed by atoms with Crippen molar-refractivity contribution in [1.29, 1.82) is 0 Å². The molecule has 0 saturated carbocycles. The average Bonchev–Trinajstić information content (AvgIpc) is 2.01. The standard InChI is InChI=1S/C10H10O3/c1-9(11)5-3-7-13-8-4-6-10(2)12/h7-8H2,1-2H3. The molecule has 0 unspecified atom stereocenters. The summed E-state index contributed by atoms with van der Waals surface area (Å²) in [6.45, 7) is 3.07. The van der Waals surface area contributed by atoms with Crippen LogP contribution in [0, 0.1) is 23.7 Å². The van der Waals surface area contributed by atoms with E-state index in [1.54, 1.807) is 0 Å². The molecule has 0 radical (unpaired) electrons. The maximum atomic E-state index is 10.3. The summed E-state index contributed by atoms with van der Waals surface area (Å²) in [5.41, 5.74) is 0. The van der Waals surface area contributed by atoms with E-state index in [1.165, 1.54) is 13.8 Å². The molecule has 0 aromatic heterocycles. The highest BCUT2D eigenvalue weighted by Gasteiger charge is 1.81. The highest BCUT2D eigenvalue weighted by molar-refractivity contribution is 5.93. The maximum absolute atomic E-state index is 10.3. The van der Waals surface area contributed by atoms with Crippen molar-refractivity contribution in [3.05, 3.63) is 0 Å². The van der Waals surface area contributed by atoms with Crippen LogP contribution in [0.3, 0.4) is 0 Å². The first-order chi connectivity index (χ1) is 6.13. The monoisotopic (exact) mass is 178 g/mol. The molecular formula is C10H10O3. The molecule has 3 heteroatoms. The molecule has 0 N–H and O–H groups in total. The number of ketones is 2. The number of Topliss-reactive ketones (excluding diaryl/α,β-unsaturated/α-hetero) is 2. The highest BCUT2D eigenvalue weighted by Crippen LogP contribution is 1.71. The summed E-state index contributed by atoms with van der Waals surface area (Å²) in [4.78, 5) is 20.6. The van der Waals surface area contributed by atoms with E-state index in [9.17, 15) is 9.59 Å². The van der Waals surface area contributed by atoms with Crippen molar-refractivity contribution in [3.8, 4) is 23.7 Å². The van der Waals surface area contributed by atoms with Crippen molar-refractivity contribution >= 4 is 11.6 Å². The van der Waals surface area contributed by atoms with Gasteiger partial charge in [-0.15, -0.1) is 0 Å². The second-order valence-electron chi connectivity index (χ2n) is 2.21. The fourth-order valence-corrected chi connectivity index (χ4v) is 0.474. The van der Waals surface area contributed by atoms with E-state index in [1.807, 2.05) is 0 Å². The minimum absolute atomic E-state index is 0.159. The molecule has 0 aliphatic heterocycles. The van der Waals surface area contributed by atoms with Gasteiger partial charge >= 0.3 is 0 Å². The second kappa shape index (κ2) is 7.09. The van der Waals surface area contributed by atoms with Gasteiger partial charge in [-0.1, -0.05) is 11.8 Å². The van der Waals surface area contributed by atoms with Crippen LogP contribution in [0.15, 0.2) is 0 Å². The van der Waals surface area contributed by atoms with Crippen LogP contribution in [-0.2, 0) is 14.3 Å². The molecular weight excluding hydrogens is 168 g/mol. The largest absolute Gasteiger partial charge is 0.356 e. The molecule has 0 rings (SSSR count). The Morgan fingerprint density at radius 2 is 1.38 bits per heavy atom. The fourth-order valence-electron chi connectivity index (χ4n) is 0.474. The van der Waals surface area contributed by atoms with Crippen LogP contribution >= 0.6 is 0 Å². The molecule has 0 aromatic rings. The summed E-state index contributed by atoms with van der Waals surface area (Å²) < 4.78 is 4.88. The lowest BCUT2D eigenvalue weighted by atomic mass is 10.4. The Morgan fingerprint density at radius 3 is 1.69 bits per heavy atom. The van der Waals surface area contributed by atoms with Gasteiger partial charge in [-0.2, -0.15) is 0 Å². The van der Waals surface area contributed by atoms with E-state index in [-0.39, 0.29) is 24.8 Å². The Balaban J connectivity index is 3.51. The third-order valence-corrected chi connectivity index (χ3v) is 0.877. The lowest BCUT2D eigenvalue weighted by Crippen LogP contribution is -1.93. The van der Waals surface area contributed by atoms with Gasteiger partial charge in [0.15, 0.2) is 0 Å². The molecule has 68 valence electrons. The summed E-state index contributed by atoms with van der Waals surface area (Å²) in [6.07, 6.45) is 0. The van der Waals surface area contributed by atoms with E-state index in [2.05, 4.69) is 23.7 Å². The fraction of sp³-hybridized carbons (Fsp3) is 0.400. The van der Waals surface area contributed by atoms with Gasteiger partial charge in [0.25, 0.3) is 0 Å².